The number of carbonyl (C=O) groups is 1. The largest absolute Gasteiger partial charge is 0.488 e. The maximum atomic E-state index is 14.6. The second-order valence-electron chi connectivity index (χ2n) is 7.70. The van der Waals surface area contributed by atoms with E-state index in [1.54, 1.807) is 25.3 Å². The second kappa shape index (κ2) is 11.6. The third kappa shape index (κ3) is 6.64. The topological polar surface area (TPSA) is 57.7 Å². The highest BCUT2D eigenvalue weighted by Crippen LogP contribution is 2.34. The van der Waals surface area contributed by atoms with Crippen LogP contribution in [-0.4, -0.2) is 30.8 Å². The minimum Gasteiger partial charge on any atom is -0.488 e. The van der Waals surface area contributed by atoms with Crippen molar-refractivity contribution in [3.8, 4) is 22.8 Å². The lowest BCUT2D eigenvalue weighted by atomic mass is 9.86. The summed E-state index contributed by atoms with van der Waals surface area (Å²) < 4.78 is 45.2. The van der Waals surface area contributed by atoms with Crippen LogP contribution in [0.2, 0.25) is 0 Å². The quantitative estimate of drug-likeness (QED) is 0.317. The van der Waals surface area contributed by atoms with Gasteiger partial charge in [0.05, 0.1) is 19.8 Å². The molecule has 5 nitrogen and oxygen atoms in total. The standard InChI is InChI=1S/C24H29F2NO4/c1-2-29-22(28)11-4-3-5-13-30-23-20(25)14-18(15-21(23)26)19-10-7-12-27-24(19)31-16-17-8-6-9-17/h7,10,12,14-15,17H,2-6,8-9,11,13,16H2,1H3. The number of carbonyl (C=O) groups excluding carboxylic acids is 1. The van der Waals surface area contributed by atoms with Crippen LogP contribution in [0.4, 0.5) is 8.78 Å². The van der Waals surface area contributed by atoms with Crippen LogP contribution in [0.15, 0.2) is 30.5 Å². The van der Waals surface area contributed by atoms with Crippen LogP contribution in [0.3, 0.4) is 0 Å². The zero-order chi connectivity index (χ0) is 22.1. The number of unbranched alkanes of at least 4 members (excludes halogenated alkanes) is 2. The van der Waals surface area contributed by atoms with Crippen LogP contribution in [0.5, 0.6) is 11.6 Å². The molecule has 168 valence electrons. The highest BCUT2D eigenvalue weighted by molar-refractivity contribution is 5.69. The average molecular weight is 433 g/mol. The third-order valence-electron chi connectivity index (χ3n) is 5.34. The Hall–Kier alpha value is -2.70. The molecular weight excluding hydrogens is 404 g/mol. The minimum atomic E-state index is -0.768. The molecule has 0 aliphatic heterocycles. The van der Waals surface area contributed by atoms with E-state index in [9.17, 15) is 13.6 Å². The van der Waals surface area contributed by atoms with Gasteiger partial charge in [-0.05, 0) is 74.8 Å². The van der Waals surface area contributed by atoms with Crippen molar-refractivity contribution in [1.82, 2.24) is 4.98 Å². The van der Waals surface area contributed by atoms with Gasteiger partial charge in [0.2, 0.25) is 5.88 Å². The SMILES string of the molecule is CCOC(=O)CCCCCOc1c(F)cc(-c2cccnc2OCC2CCC2)cc1F. The first-order valence-corrected chi connectivity index (χ1v) is 10.9. The molecule has 1 aromatic heterocycles. The molecule has 1 aliphatic rings. The fraction of sp³-hybridized carbons (Fsp3) is 0.500. The Kier molecular flexibility index (Phi) is 8.62. The molecule has 1 fully saturated rings. The van der Waals surface area contributed by atoms with Gasteiger partial charge >= 0.3 is 5.97 Å². The summed E-state index contributed by atoms with van der Waals surface area (Å²) in [6.45, 7) is 2.85. The van der Waals surface area contributed by atoms with Gasteiger partial charge in [0.15, 0.2) is 17.4 Å². The van der Waals surface area contributed by atoms with Crippen LogP contribution in [0.1, 0.15) is 51.9 Å². The van der Waals surface area contributed by atoms with Crippen molar-refractivity contribution in [3.05, 3.63) is 42.1 Å². The van der Waals surface area contributed by atoms with Crippen LogP contribution in [-0.2, 0) is 9.53 Å². The molecule has 1 heterocycles. The van der Waals surface area contributed by atoms with Crippen molar-refractivity contribution >= 4 is 5.97 Å². The fourth-order valence-corrected chi connectivity index (χ4v) is 3.39. The molecule has 7 heteroatoms. The Bertz CT molecular complexity index is 847. The van der Waals surface area contributed by atoms with Crippen LogP contribution < -0.4 is 9.47 Å². The van der Waals surface area contributed by atoms with Gasteiger partial charge in [-0.15, -0.1) is 0 Å². The summed E-state index contributed by atoms with van der Waals surface area (Å²) in [7, 11) is 0. The Morgan fingerprint density at radius 1 is 1.13 bits per heavy atom. The van der Waals surface area contributed by atoms with Crippen molar-refractivity contribution in [1.29, 1.82) is 0 Å². The van der Waals surface area contributed by atoms with E-state index in [4.69, 9.17) is 14.2 Å². The van der Waals surface area contributed by atoms with E-state index < -0.39 is 17.4 Å². The molecule has 0 spiro atoms. The molecular formula is C24H29F2NO4. The van der Waals surface area contributed by atoms with Gasteiger partial charge in [-0.2, -0.15) is 0 Å². The molecule has 3 rings (SSSR count). The first kappa shape index (κ1) is 23.0. The molecule has 0 saturated heterocycles. The smallest absolute Gasteiger partial charge is 0.305 e. The van der Waals surface area contributed by atoms with Gasteiger partial charge in [0.1, 0.15) is 0 Å². The molecule has 1 aromatic carbocycles. The number of nitrogens with zero attached hydrogens (tertiary/aromatic N) is 1. The molecule has 0 unspecified atom stereocenters. The zero-order valence-corrected chi connectivity index (χ0v) is 17.9. The fourth-order valence-electron chi connectivity index (χ4n) is 3.39. The normalized spacial score (nSPS) is 13.5. The number of benzene rings is 1. The summed E-state index contributed by atoms with van der Waals surface area (Å²) in [6.07, 6.45) is 7.37. The predicted octanol–water partition coefficient (Wildman–Crippen LogP) is 5.71. The Morgan fingerprint density at radius 2 is 1.90 bits per heavy atom. The van der Waals surface area contributed by atoms with Crippen LogP contribution in [0.25, 0.3) is 11.1 Å². The molecule has 0 N–H and O–H groups in total. The number of hydrogen-bond acceptors (Lipinski definition) is 5. The molecule has 0 bridgehead atoms. The van der Waals surface area contributed by atoms with E-state index in [1.165, 1.54) is 18.6 Å². The van der Waals surface area contributed by atoms with Crippen LogP contribution in [0, 0.1) is 17.6 Å². The first-order chi connectivity index (χ1) is 15.1. The van der Waals surface area contributed by atoms with Crippen LogP contribution >= 0.6 is 0 Å². The highest BCUT2D eigenvalue weighted by atomic mass is 19.1. The van der Waals surface area contributed by atoms with Crippen molar-refractivity contribution in [2.24, 2.45) is 5.92 Å². The molecule has 31 heavy (non-hydrogen) atoms. The molecule has 0 amide bonds. The molecule has 1 aliphatic carbocycles. The lowest BCUT2D eigenvalue weighted by molar-refractivity contribution is -0.143. The Balaban J connectivity index is 1.56. The number of halogens is 2. The first-order valence-electron chi connectivity index (χ1n) is 10.9. The number of hydrogen-bond donors (Lipinski definition) is 0. The predicted molar refractivity (Wildman–Crippen MR) is 113 cm³/mol. The minimum absolute atomic E-state index is 0.165. The summed E-state index contributed by atoms with van der Waals surface area (Å²) >= 11 is 0. The Labute approximate surface area is 181 Å². The Morgan fingerprint density at radius 3 is 2.58 bits per heavy atom. The van der Waals surface area contributed by atoms with Crippen molar-refractivity contribution in [3.63, 3.8) is 0 Å². The van der Waals surface area contributed by atoms with Gasteiger partial charge in [-0.25, -0.2) is 13.8 Å². The summed E-state index contributed by atoms with van der Waals surface area (Å²) in [5.41, 5.74) is 0.902. The lowest BCUT2D eigenvalue weighted by Crippen LogP contribution is -2.19. The van der Waals surface area contributed by atoms with Crippen molar-refractivity contribution in [2.75, 3.05) is 19.8 Å². The second-order valence-corrected chi connectivity index (χ2v) is 7.70. The summed E-state index contributed by atoms with van der Waals surface area (Å²) in [6, 6.07) is 5.93. The molecule has 0 atom stereocenters. The number of pyridine rings is 1. The van der Waals surface area contributed by atoms with Gasteiger partial charge < -0.3 is 14.2 Å². The maximum absolute atomic E-state index is 14.6. The summed E-state index contributed by atoms with van der Waals surface area (Å²) in [4.78, 5) is 15.5. The van der Waals surface area contributed by atoms with E-state index in [-0.39, 0.29) is 12.6 Å². The van der Waals surface area contributed by atoms with E-state index >= 15 is 0 Å². The molecule has 0 radical (unpaired) electrons. The number of rotatable bonds is 12. The zero-order valence-electron chi connectivity index (χ0n) is 17.9. The number of esters is 1. The van der Waals surface area contributed by atoms with Gasteiger partial charge in [0, 0.05) is 18.2 Å². The number of ether oxygens (including phenoxy) is 3. The van der Waals surface area contributed by atoms with Crippen molar-refractivity contribution < 1.29 is 27.8 Å². The van der Waals surface area contributed by atoms with E-state index in [1.807, 2.05) is 0 Å². The van der Waals surface area contributed by atoms with Gasteiger partial charge in [0.25, 0.3) is 0 Å². The molecule has 1 saturated carbocycles. The van der Waals surface area contributed by atoms with Crippen molar-refractivity contribution in [2.45, 2.75) is 51.9 Å². The maximum Gasteiger partial charge on any atom is 0.305 e. The average Bonchev–Trinajstić information content (AvgIpc) is 2.71. The van der Waals surface area contributed by atoms with Gasteiger partial charge in [-0.3, -0.25) is 4.79 Å². The lowest BCUT2D eigenvalue weighted by Gasteiger charge is -2.25. The summed E-state index contributed by atoms with van der Waals surface area (Å²) in [5, 5.41) is 0. The third-order valence-corrected chi connectivity index (χ3v) is 5.34. The molecule has 2 aromatic rings. The summed E-state index contributed by atoms with van der Waals surface area (Å²) in [5.74, 6) is -1.26. The van der Waals surface area contributed by atoms with E-state index in [0.29, 0.717) is 61.8 Å². The highest BCUT2D eigenvalue weighted by Gasteiger charge is 2.20. The number of aromatic nitrogens is 1. The van der Waals surface area contributed by atoms with E-state index in [2.05, 4.69) is 4.98 Å². The monoisotopic (exact) mass is 433 g/mol. The van der Waals surface area contributed by atoms with Gasteiger partial charge in [-0.1, -0.05) is 6.42 Å². The van der Waals surface area contributed by atoms with E-state index in [0.717, 1.165) is 12.8 Å².